The van der Waals surface area contributed by atoms with Crippen molar-refractivity contribution in [2.75, 3.05) is 6.61 Å². The third-order valence-electron chi connectivity index (χ3n) is 2.76. The molecule has 1 aromatic rings. The summed E-state index contributed by atoms with van der Waals surface area (Å²) in [7, 11) is 0. The van der Waals surface area contributed by atoms with E-state index in [-0.39, 0.29) is 0 Å². The molecule has 0 bridgehead atoms. The third kappa shape index (κ3) is 2.87. The maximum absolute atomic E-state index is 5.77. The van der Waals surface area contributed by atoms with Crippen LogP contribution in [0.2, 0.25) is 0 Å². The summed E-state index contributed by atoms with van der Waals surface area (Å²) < 4.78 is 7.01. The van der Waals surface area contributed by atoms with Gasteiger partial charge in [0.1, 0.15) is 5.75 Å². The van der Waals surface area contributed by atoms with Crippen molar-refractivity contribution >= 4 is 22.6 Å². The number of rotatable bonds is 3. The van der Waals surface area contributed by atoms with Gasteiger partial charge in [-0.25, -0.2) is 0 Å². The Morgan fingerprint density at radius 1 is 1.29 bits per heavy atom. The molecule has 0 saturated heterocycles. The van der Waals surface area contributed by atoms with Gasteiger partial charge < -0.3 is 4.74 Å². The molecular formula is C12H15IO. The molecule has 2 rings (SSSR count). The minimum atomic E-state index is 0.799. The zero-order chi connectivity index (χ0) is 9.80. The van der Waals surface area contributed by atoms with Crippen LogP contribution in [0.1, 0.15) is 25.7 Å². The van der Waals surface area contributed by atoms with Gasteiger partial charge in [-0.15, -0.1) is 0 Å². The van der Waals surface area contributed by atoms with Crippen molar-refractivity contribution in [3.05, 3.63) is 27.8 Å². The zero-order valence-electron chi connectivity index (χ0n) is 8.21. The molecule has 14 heavy (non-hydrogen) atoms. The Balaban J connectivity index is 1.85. The van der Waals surface area contributed by atoms with Crippen molar-refractivity contribution < 1.29 is 4.74 Å². The monoisotopic (exact) mass is 302 g/mol. The van der Waals surface area contributed by atoms with Gasteiger partial charge in [0.15, 0.2) is 0 Å². The van der Waals surface area contributed by atoms with Crippen LogP contribution in [0.25, 0.3) is 0 Å². The Labute approximate surface area is 99.0 Å². The molecule has 1 aromatic carbocycles. The predicted octanol–water partition coefficient (Wildman–Crippen LogP) is 3.86. The fourth-order valence-electron chi connectivity index (χ4n) is 1.95. The van der Waals surface area contributed by atoms with Crippen molar-refractivity contribution in [2.45, 2.75) is 25.7 Å². The number of ether oxygens (including phenoxy) is 1. The minimum absolute atomic E-state index is 0.799. The maximum atomic E-state index is 5.77. The molecule has 1 fully saturated rings. The molecule has 1 aliphatic rings. The van der Waals surface area contributed by atoms with E-state index in [0.29, 0.717) is 0 Å². The fraction of sp³-hybridized carbons (Fsp3) is 0.500. The second-order valence-corrected chi connectivity index (χ2v) is 5.16. The minimum Gasteiger partial charge on any atom is -0.493 e. The van der Waals surface area contributed by atoms with Gasteiger partial charge in [0.2, 0.25) is 0 Å². The first-order valence-corrected chi connectivity index (χ1v) is 6.31. The topological polar surface area (TPSA) is 9.23 Å². The van der Waals surface area contributed by atoms with Crippen molar-refractivity contribution in [1.29, 1.82) is 0 Å². The Bertz CT molecular complexity index is 292. The lowest BCUT2D eigenvalue weighted by atomic mass is 10.1. The van der Waals surface area contributed by atoms with Crippen LogP contribution in [0.3, 0.4) is 0 Å². The van der Waals surface area contributed by atoms with Crippen LogP contribution in [0.5, 0.6) is 5.75 Å². The first-order chi connectivity index (χ1) is 6.84. The molecule has 76 valence electrons. The second kappa shape index (κ2) is 5.01. The number of halogens is 1. The smallest absolute Gasteiger partial charge is 0.120 e. The molecule has 0 unspecified atom stereocenters. The molecule has 0 spiro atoms. The molecule has 1 nitrogen and oxygen atoms in total. The summed E-state index contributed by atoms with van der Waals surface area (Å²) >= 11 is 2.31. The standard InChI is InChI=1S/C12H15IO/c13-11-6-3-7-12(8-11)14-9-10-4-1-2-5-10/h3,6-8,10H,1-2,4-5,9H2. The van der Waals surface area contributed by atoms with E-state index in [0.717, 1.165) is 18.3 Å². The molecule has 0 amide bonds. The lowest BCUT2D eigenvalue weighted by Gasteiger charge is -2.11. The summed E-state index contributed by atoms with van der Waals surface area (Å²) in [6.07, 6.45) is 5.48. The fourth-order valence-corrected chi connectivity index (χ4v) is 2.46. The van der Waals surface area contributed by atoms with Crippen molar-refractivity contribution in [1.82, 2.24) is 0 Å². The van der Waals surface area contributed by atoms with Gasteiger partial charge >= 0.3 is 0 Å². The number of hydrogen-bond acceptors (Lipinski definition) is 1. The van der Waals surface area contributed by atoms with Gasteiger partial charge in [-0.2, -0.15) is 0 Å². The summed E-state index contributed by atoms with van der Waals surface area (Å²) in [6, 6.07) is 8.27. The lowest BCUT2D eigenvalue weighted by molar-refractivity contribution is 0.252. The van der Waals surface area contributed by atoms with Gasteiger partial charge in [0, 0.05) is 3.57 Å². The van der Waals surface area contributed by atoms with E-state index >= 15 is 0 Å². The number of benzene rings is 1. The highest BCUT2D eigenvalue weighted by molar-refractivity contribution is 14.1. The van der Waals surface area contributed by atoms with Gasteiger partial charge in [-0.3, -0.25) is 0 Å². The zero-order valence-corrected chi connectivity index (χ0v) is 10.4. The Hall–Kier alpha value is -0.250. The molecule has 0 radical (unpaired) electrons. The Morgan fingerprint density at radius 3 is 2.79 bits per heavy atom. The van der Waals surface area contributed by atoms with E-state index in [1.54, 1.807) is 0 Å². The predicted molar refractivity (Wildman–Crippen MR) is 66.6 cm³/mol. The molecule has 0 aromatic heterocycles. The Kier molecular flexibility index (Phi) is 3.67. The molecule has 2 heteroatoms. The SMILES string of the molecule is Ic1cccc(OCC2CCCC2)c1. The summed E-state index contributed by atoms with van der Waals surface area (Å²) in [5.74, 6) is 1.82. The van der Waals surface area contributed by atoms with Crippen LogP contribution in [0.15, 0.2) is 24.3 Å². The van der Waals surface area contributed by atoms with Gasteiger partial charge in [0.05, 0.1) is 6.61 Å². The first-order valence-electron chi connectivity index (χ1n) is 5.23. The van der Waals surface area contributed by atoms with Crippen LogP contribution >= 0.6 is 22.6 Å². The number of hydrogen-bond donors (Lipinski definition) is 0. The quantitative estimate of drug-likeness (QED) is 0.770. The van der Waals surface area contributed by atoms with E-state index in [2.05, 4.69) is 34.7 Å². The van der Waals surface area contributed by atoms with E-state index in [9.17, 15) is 0 Å². The van der Waals surface area contributed by atoms with Crippen molar-refractivity contribution in [3.8, 4) is 5.75 Å². The highest BCUT2D eigenvalue weighted by Gasteiger charge is 2.15. The average Bonchev–Trinajstić information content (AvgIpc) is 2.67. The van der Waals surface area contributed by atoms with Crippen LogP contribution < -0.4 is 4.74 Å². The summed E-state index contributed by atoms with van der Waals surface area (Å²) in [6.45, 7) is 0.903. The average molecular weight is 302 g/mol. The highest BCUT2D eigenvalue weighted by atomic mass is 127. The van der Waals surface area contributed by atoms with Crippen molar-refractivity contribution in [2.24, 2.45) is 5.92 Å². The summed E-state index contributed by atoms with van der Waals surface area (Å²) in [4.78, 5) is 0. The molecule has 1 saturated carbocycles. The van der Waals surface area contributed by atoms with Crippen LogP contribution in [-0.2, 0) is 0 Å². The van der Waals surface area contributed by atoms with Gasteiger partial charge in [0.25, 0.3) is 0 Å². The van der Waals surface area contributed by atoms with E-state index < -0.39 is 0 Å². The van der Waals surface area contributed by atoms with E-state index in [1.807, 2.05) is 12.1 Å². The van der Waals surface area contributed by atoms with Gasteiger partial charge in [-0.1, -0.05) is 18.9 Å². The van der Waals surface area contributed by atoms with Crippen LogP contribution in [0.4, 0.5) is 0 Å². The second-order valence-electron chi connectivity index (χ2n) is 3.92. The molecular weight excluding hydrogens is 287 g/mol. The maximum Gasteiger partial charge on any atom is 0.120 e. The normalized spacial score (nSPS) is 17.2. The Morgan fingerprint density at radius 2 is 2.07 bits per heavy atom. The lowest BCUT2D eigenvalue weighted by Crippen LogP contribution is -2.07. The summed E-state index contributed by atoms with van der Waals surface area (Å²) in [5.41, 5.74) is 0. The van der Waals surface area contributed by atoms with Gasteiger partial charge in [-0.05, 0) is 59.5 Å². The van der Waals surface area contributed by atoms with Crippen LogP contribution in [0, 0.1) is 9.49 Å². The molecule has 0 heterocycles. The largest absolute Gasteiger partial charge is 0.493 e. The van der Waals surface area contributed by atoms with Crippen molar-refractivity contribution in [3.63, 3.8) is 0 Å². The first kappa shape index (κ1) is 10.3. The van der Waals surface area contributed by atoms with E-state index in [4.69, 9.17) is 4.74 Å². The van der Waals surface area contributed by atoms with Crippen LogP contribution in [-0.4, -0.2) is 6.61 Å². The highest BCUT2D eigenvalue weighted by Crippen LogP contribution is 2.25. The summed E-state index contributed by atoms with van der Waals surface area (Å²) in [5, 5.41) is 0. The molecule has 1 aliphatic carbocycles. The van der Waals surface area contributed by atoms with E-state index in [1.165, 1.54) is 29.3 Å². The third-order valence-corrected chi connectivity index (χ3v) is 3.43. The molecule has 0 aliphatic heterocycles. The molecule has 0 atom stereocenters. The molecule has 0 N–H and O–H groups in total.